The van der Waals surface area contributed by atoms with Crippen molar-refractivity contribution in [1.29, 1.82) is 5.26 Å². The fourth-order valence-corrected chi connectivity index (χ4v) is 2.09. The molecule has 0 bridgehead atoms. The van der Waals surface area contributed by atoms with Crippen LogP contribution >= 0.6 is 0 Å². The lowest BCUT2D eigenvalue weighted by molar-refractivity contribution is 0.253. The highest BCUT2D eigenvalue weighted by atomic mass is 15.2. The molecular weight excluding hydrogens is 214 g/mol. The van der Waals surface area contributed by atoms with E-state index < -0.39 is 0 Å². The Kier molecular flexibility index (Phi) is 3.89. The first-order valence-electron chi connectivity index (χ1n) is 5.92. The van der Waals surface area contributed by atoms with Crippen molar-refractivity contribution in [3.8, 4) is 6.07 Å². The molecule has 0 radical (unpaired) electrons. The van der Waals surface area contributed by atoms with Crippen molar-refractivity contribution in [3.05, 3.63) is 17.8 Å². The molecule has 0 saturated carbocycles. The molecule has 1 aliphatic heterocycles. The number of nitrogens with zero attached hydrogens (tertiary/aromatic N) is 4. The van der Waals surface area contributed by atoms with Gasteiger partial charge in [0.25, 0.3) is 0 Å². The standard InChI is InChI=1S/C12H17N5/c1-17-8-4-10(5-9-17)11-2-3-12(16-15-11)14-7-6-13/h2-3,10H,4-5,7-9H2,1H3,(H,14,16). The van der Waals surface area contributed by atoms with Crippen LogP contribution in [0, 0.1) is 11.3 Å². The Morgan fingerprint density at radius 2 is 2.18 bits per heavy atom. The fraction of sp³-hybridized carbons (Fsp3) is 0.583. The van der Waals surface area contributed by atoms with Crippen LogP contribution in [0.2, 0.25) is 0 Å². The second-order valence-corrected chi connectivity index (χ2v) is 4.43. The van der Waals surface area contributed by atoms with E-state index >= 15 is 0 Å². The van der Waals surface area contributed by atoms with Crippen LogP contribution in [0.1, 0.15) is 24.5 Å². The van der Waals surface area contributed by atoms with Crippen molar-refractivity contribution in [3.63, 3.8) is 0 Å². The zero-order chi connectivity index (χ0) is 12.1. The highest BCUT2D eigenvalue weighted by Crippen LogP contribution is 2.25. The number of anilines is 1. The Morgan fingerprint density at radius 1 is 1.41 bits per heavy atom. The summed E-state index contributed by atoms with van der Waals surface area (Å²) in [6.45, 7) is 2.52. The molecule has 5 heteroatoms. The lowest BCUT2D eigenvalue weighted by atomic mass is 9.94. The van der Waals surface area contributed by atoms with E-state index in [1.165, 1.54) is 0 Å². The molecular formula is C12H17N5. The van der Waals surface area contributed by atoms with E-state index in [4.69, 9.17) is 5.26 Å². The van der Waals surface area contributed by atoms with Gasteiger partial charge in [0.05, 0.1) is 11.8 Å². The summed E-state index contributed by atoms with van der Waals surface area (Å²) >= 11 is 0. The lowest BCUT2D eigenvalue weighted by Crippen LogP contribution is -2.29. The first kappa shape index (κ1) is 11.8. The number of piperidine rings is 1. The highest BCUT2D eigenvalue weighted by Gasteiger charge is 2.19. The number of nitrogens with one attached hydrogen (secondary N) is 1. The molecule has 0 aromatic carbocycles. The molecule has 90 valence electrons. The van der Waals surface area contributed by atoms with Gasteiger partial charge >= 0.3 is 0 Å². The highest BCUT2D eigenvalue weighted by molar-refractivity contribution is 5.34. The molecule has 17 heavy (non-hydrogen) atoms. The average Bonchev–Trinajstić information content (AvgIpc) is 2.38. The second-order valence-electron chi connectivity index (χ2n) is 4.43. The summed E-state index contributed by atoms with van der Waals surface area (Å²) in [5, 5.41) is 19.7. The van der Waals surface area contributed by atoms with Gasteiger partial charge in [-0.2, -0.15) is 10.4 Å². The summed E-state index contributed by atoms with van der Waals surface area (Å²) in [6, 6.07) is 5.93. The maximum atomic E-state index is 8.45. The summed E-state index contributed by atoms with van der Waals surface area (Å²) in [6.07, 6.45) is 2.30. The molecule has 1 N–H and O–H groups in total. The van der Waals surface area contributed by atoms with Crippen molar-refractivity contribution >= 4 is 5.82 Å². The van der Waals surface area contributed by atoms with Crippen LogP contribution in [0.5, 0.6) is 0 Å². The predicted octanol–water partition coefficient (Wildman–Crippen LogP) is 1.22. The Bertz CT molecular complexity index is 386. The van der Waals surface area contributed by atoms with Crippen molar-refractivity contribution < 1.29 is 0 Å². The average molecular weight is 231 g/mol. The zero-order valence-electron chi connectivity index (χ0n) is 10.1. The topological polar surface area (TPSA) is 64.8 Å². The third-order valence-corrected chi connectivity index (χ3v) is 3.17. The molecule has 0 unspecified atom stereocenters. The van der Waals surface area contributed by atoms with E-state index in [-0.39, 0.29) is 6.54 Å². The molecule has 0 spiro atoms. The van der Waals surface area contributed by atoms with E-state index in [0.29, 0.717) is 11.7 Å². The van der Waals surface area contributed by atoms with E-state index in [0.717, 1.165) is 31.6 Å². The van der Waals surface area contributed by atoms with Crippen molar-refractivity contribution in [2.24, 2.45) is 0 Å². The summed E-state index contributed by atoms with van der Waals surface area (Å²) in [4.78, 5) is 2.34. The summed E-state index contributed by atoms with van der Waals surface area (Å²) in [5.41, 5.74) is 1.07. The molecule has 0 aliphatic carbocycles. The minimum atomic E-state index is 0.266. The monoisotopic (exact) mass is 231 g/mol. The number of hydrogen-bond donors (Lipinski definition) is 1. The molecule has 2 heterocycles. The van der Waals surface area contributed by atoms with Gasteiger partial charge in [0.15, 0.2) is 0 Å². The molecule has 2 rings (SSSR count). The van der Waals surface area contributed by atoms with Gasteiger partial charge in [0, 0.05) is 5.92 Å². The van der Waals surface area contributed by atoms with Gasteiger partial charge in [-0.25, -0.2) is 0 Å². The molecule has 1 saturated heterocycles. The first-order valence-corrected chi connectivity index (χ1v) is 5.92. The van der Waals surface area contributed by atoms with Gasteiger partial charge in [-0.1, -0.05) is 0 Å². The second kappa shape index (κ2) is 5.60. The van der Waals surface area contributed by atoms with Crippen molar-refractivity contribution in [1.82, 2.24) is 15.1 Å². The summed E-state index contributed by atoms with van der Waals surface area (Å²) < 4.78 is 0. The Hall–Kier alpha value is -1.67. The minimum Gasteiger partial charge on any atom is -0.356 e. The molecule has 1 fully saturated rings. The number of aromatic nitrogens is 2. The Balaban J connectivity index is 1.96. The van der Waals surface area contributed by atoms with Crippen LogP contribution in [-0.2, 0) is 0 Å². The molecule has 1 aromatic rings. The Labute approximate surface area is 101 Å². The number of rotatable bonds is 3. The SMILES string of the molecule is CN1CCC(c2ccc(NCC#N)nn2)CC1. The van der Waals surface area contributed by atoms with Crippen LogP contribution in [-0.4, -0.2) is 41.8 Å². The van der Waals surface area contributed by atoms with Gasteiger partial charge in [0.1, 0.15) is 12.4 Å². The van der Waals surface area contributed by atoms with Gasteiger partial charge < -0.3 is 10.2 Å². The van der Waals surface area contributed by atoms with Crippen LogP contribution in [0.15, 0.2) is 12.1 Å². The minimum absolute atomic E-state index is 0.266. The van der Waals surface area contributed by atoms with E-state index in [1.807, 2.05) is 18.2 Å². The van der Waals surface area contributed by atoms with Gasteiger partial charge in [-0.15, -0.1) is 5.10 Å². The van der Waals surface area contributed by atoms with Crippen LogP contribution in [0.4, 0.5) is 5.82 Å². The smallest absolute Gasteiger partial charge is 0.149 e. The fourth-order valence-electron chi connectivity index (χ4n) is 2.09. The maximum absolute atomic E-state index is 8.45. The molecule has 5 nitrogen and oxygen atoms in total. The Morgan fingerprint density at radius 3 is 2.76 bits per heavy atom. The third kappa shape index (κ3) is 3.14. The molecule has 0 amide bonds. The molecule has 1 aliphatic rings. The molecule has 0 atom stereocenters. The largest absolute Gasteiger partial charge is 0.356 e. The lowest BCUT2D eigenvalue weighted by Gasteiger charge is -2.28. The van der Waals surface area contributed by atoms with Crippen LogP contribution < -0.4 is 5.32 Å². The summed E-state index contributed by atoms with van der Waals surface area (Å²) in [5.74, 6) is 1.20. The van der Waals surface area contributed by atoms with E-state index in [9.17, 15) is 0 Å². The number of nitriles is 1. The normalized spacial score (nSPS) is 17.6. The maximum Gasteiger partial charge on any atom is 0.149 e. The number of likely N-dealkylation sites (tertiary alicyclic amines) is 1. The predicted molar refractivity (Wildman–Crippen MR) is 65.6 cm³/mol. The molecule has 1 aromatic heterocycles. The van der Waals surface area contributed by atoms with Crippen molar-refractivity contribution in [2.45, 2.75) is 18.8 Å². The summed E-state index contributed by atoms with van der Waals surface area (Å²) in [7, 11) is 2.15. The quantitative estimate of drug-likeness (QED) is 0.792. The van der Waals surface area contributed by atoms with Gasteiger partial charge in [0.2, 0.25) is 0 Å². The van der Waals surface area contributed by atoms with E-state index in [1.54, 1.807) is 0 Å². The van der Waals surface area contributed by atoms with Gasteiger partial charge in [-0.05, 0) is 45.1 Å². The zero-order valence-corrected chi connectivity index (χ0v) is 10.1. The third-order valence-electron chi connectivity index (χ3n) is 3.17. The number of hydrogen-bond acceptors (Lipinski definition) is 5. The van der Waals surface area contributed by atoms with Gasteiger partial charge in [-0.3, -0.25) is 0 Å². The first-order chi connectivity index (χ1) is 8.29. The van der Waals surface area contributed by atoms with Crippen molar-refractivity contribution in [2.75, 3.05) is 32.0 Å². The van der Waals surface area contributed by atoms with E-state index in [2.05, 4.69) is 27.5 Å². The van der Waals surface area contributed by atoms with Crippen LogP contribution in [0.3, 0.4) is 0 Å². The van der Waals surface area contributed by atoms with Crippen LogP contribution in [0.25, 0.3) is 0 Å².